The molecule has 2 aliphatic heterocycles. The van der Waals surface area contributed by atoms with Gasteiger partial charge in [0.25, 0.3) is 5.91 Å². The first kappa shape index (κ1) is 34.4. The van der Waals surface area contributed by atoms with Gasteiger partial charge in [-0.15, -0.1) is 0 Å². The van der Waals surface area contributed by atoms with Gasteiger partial charge in [-0.2, -0.15) is 0 Å². The van der Waals surface area contributed by atoms with Crippen molar-refractivity contribution in [3.8, 4) is 5.75 Å². The highest BCUT2D eigenvalue weighted by Gasteiger charge is 2.36. The second-order valence-electron chi connectivity index (χ2n) is 11.6. The van der Waals surface area contributed by atoms with Crippen molar-refractivity contribution < 1.29 is 38.8 Å². The first-order valence-corrected chi connectivity index (χ1v) is 15.6. The van der Waals surface area contributed by atoms with Crippen LogP contribution in [-0.2, 0) is 35.6 Å². The van der Waals surface area contributed by atoms with E-state index < -0.39 is 23.9 Å². The van der Waals surface area contributed by atoms with Crippen molar-refractivity contribution in [2.75, 3.05) is 53.2 Å². The fraction of sp³-hybridized carbons (Fsp3) is 0.515. The number of aliphatic hydroxyl groups excluding tert-OH is 1. The van der Waals surface area contributed by atoms with Crippen LogP contribution in [0.4, 0.5) is 0 Å². The van der Waals surface area contributed by atoms with Crippen LogP contribution in [0.1, 0.15) is 65.6 Å². The summed E-state index contributed by atoms with van der Waals surface area (Å²) in [6.07, 6.45) is 1.24. The average Bonchev–Trinajstić information content (AvgIpc) is 3.01. The number of halogens is 1. The van der Waals surface area contributed by atoms with Crippen molar-refractivity contribution in [2.45, 2.75) is 56.5 Å². The molecule has 2 aliphatic rings. The fourth-order valence-electron chi connectivity index (χ4n) is 5.86. The monoisotopic (exact) mass is 643 g/mol. The van der Waals surface area contributed by atoms with E-state index in [4.69, 9.17) is 25.8 Å². The minimum atomic E-state index is -0.547. The first-order chi connectivity index (χ1) is 21.6. The zero-order valence-electron chi connectivity index (χ0n) is 25.8. The Morgan fingerprint density at radius 2 is 1.93 bits per heavy atom. The topological polar surface area (TPSA) is 156 Å². The molecule has 1 unspecified atom stereocenters. The zero-order chi connectivity index (χ0) is 32.4. The first-order valence-electron chi connectivity index (χ1n) is 15.2. The molecule has 0 aliphatic carbocycles. The summed E-state index contributed by atoms with van der Waals surface area (Å²) < 4.78 is 16.4. The number of aliphatic hydroxyl groups is 1. The molecule has 2 atom stereocenters. The molecule has 0 bridgehead atoms. The largest absolute Gasteiger partial charge is 0.508 e. The third kappa shape index (κ3) is 9.74. The van der Waals surface area contributed by atoms with Gasteiger partial charge in [-0.1, -0.05) is 17.7 Å². The van der Waals surface area contributed by atoms with E-state index in [0.29, 0.717) is 49.2 Å². The summed E-state index contributed by atoms with van der Waals surface area (Å²) in [6.45, 7) is 3.99. The number of hydrogen-bond acceptors (Lipinski definition) is 10. The maximum Gasteiger partial charge on any atom is 0.306 e. The Morgan fingerprint density at radius 1 is 1.16 bits per heavy atom. The number of phenols is 1. The van der Waals surface area contributed by atoms with Gasteiger partial charge in [-0.05, 0) is 66.8 Å². The number of esters is 1. The molecule has 0 saturated carbocycles. The van der Waals surface area contributed by atoms with Gasteiger partial charge in [-0.3, -0.25) is 19.4 Å². The third-order valence-corrected chi connectivity index (χ3v) is 8.38. The molecule has 1 fully saturated rings. The molecule has 45 heavy (non-hydrogen) atoms. The van der Waals surface area contributed by atoms with Gasteiger partial charge >= 0.3 is 5.97 Å². The van der Waals surface area contributed by atoms with Crippen LogP contribution in [-0.4, -0.2) is 93.0 Å². The van der Waals surface area contributed by atoms with Crippen molar-refractivity contribution in [3.05, 3.63) is 63.7 Å². The number of nitrogens with one attached hydrogen (secondary N) is 2. The number of aliphatic imine (C=N–C) groups is 1. The van der Waals surface area contributed by atoms with Crippen molar-refractivity contribution in [1.82, 2.24) is 10.6 Å². The van der Waals surface area contributed by atoms with Crippen LogP contribution in [0.25, 0.3) is 0 Å². The lowest BCUT2D eigenvalue weighted by molar-refractivity contribution is -0.143. The van der Waals surface area contributed by atoms with Crippen molar-refractivity contribution >= 4 is 35.1 Å². The summed E-state index contributed by atoms with van der Waals surface area (Å²) in [5.74, 6) is -1.21. The summed E-state index contributed by atoms with van der Waals surface area (Å²) in [5.41, 5.74) is 2.24. The van der Waals surface area contributed by atoms with Gasteiger partial charge in [0.2, 0.25) is 0 Å². The Hall–Kier alpha value is -3.51. The summed E-state index contributed by atoms with van der Waals surface area (Å²) in [5, 5.41) is 26.0. The Balaban J connectivity index is 1.47. The van der Waals surface area contributed by atoms with Crippen LogP contribution in [0.3, 0.4) is 0 Å². The summed E-state index contributed by atoms with van der Waals surface area (Å²) in [7, 11) is 1.66. The number of aromatic hydroxyl groups is 1. The number of methoxy groups -OCH3 is 1. The Labute approximate surface area is 268 Å². The number of β-amino-alcohol motifs (C(OH)–C–C–N with tert-alkyl or cyclic N) is 1. The molecule has 4 rings (SSSR count). The van der Waals surface area contributed by atoms with Gasteiger partial charge in [0, 0.05) is 61.6 Å². The van der Waals surface area contributed by atoms with Gasteiger partial charge in [0.15, 0.2) is 5.78 Å². The van der Waals surface area contributed by atoms with E-state index in [2.05, 4.69) is 15.6 Å². The quantitative estimate of drug-likeness (QED) is 0.227. The van der Waals surface area contributed by atoms with Gasteiger partial charge in [0.05, 0.1) is 38.8 Å². The normalized spacial score (nSPS) is 18.3. The highest BCUT2D eigenvalue weighted by atomic mass is 35.5. The number of Topliss-reactive ketones (excluding diaryl/α,β-unsaturated/α-hetero) is 1. The predicted molar refractivity (Wildman–Crippen MR) is 169 cm³/mol. The van der Waals surface area contributed by atoms with E-state index in [-0.39, 0.29) is 55.0 Å². The molecule has 244 valence electrons. The van der Waals surface area contributed by atoms with Crippen LogP contribution in [0, 0.1) is 0 Å². The molecule has 0 spiro atoms. The minimum Gasteiger partial charge on any atom is -0.508 e. The molecular weight excluding hydrogens is 602 g/mol. The second kappa shape index (κ2) is 16.2. The van der Waals surface area contributed by atoms with Crippen molar-refractivity contribution in [3.63, 3.8) is 0 Å². The number of nitrogens with zero attached hydrogens (tertiary/aromatic N) is 1. The Bertz CT molecular complexity index is 1390. The lowest BCUT2D eigenvalue weighted by atomic mass is 9.73. The summed E-state index contributed by atoms with van der Waals surface area (Å²) in [6, 6.07) is 10.1. The Morgan fingerprint density at radius 3 is 2.62 bits per heavy atom. The highest BCUT2D eigenvalue weighted by molar-refractivity contribution is 6.30. The number of ether oxygens (including phenoxy) is 3. The minimum absolute atomic E-state index is 0.0259. The molecule has 1 saturated heterocycles. The van der Waals surface area contributed by atoms with Crippen LogP contribution >= 0.6 is 11.6 Å². The Kier molecular flexibility index (Phi) is 12.3. The number of carbonyl (C=O) groups is 3. The molecule has 4 N–H and O–H groups in total. The zero-order valence-corrected chi connectivity index (χ0v) is 26.5. The van der Waals surface area contributed by atoms with E-state index in [1.807, 2.05) is 12.1 Å². The number of ketones is 1. The lowest BCUT2D eigenvalue weighted by Crippen LogP contribution is -2.39. The number of amidine groups is 1. The van der Waals surface area contributed by atoms with Gasteiger partial charge in [0.1, 0.15) is 11.6 Å². The van der Waals surface area contributed by atoms with E-state index >= 15 is 0 Å². The molecule has 2 aromatic rings. The second-order valence-corrected chi connectivity index (χ2v) is 12.1. The number of rotatable bonds is 14. The summed E-state index contributed by atoms with van der Waals surface area (Å²) in [4.78, 5) is 43.1. The number of amides is 1. The molecule has 11 nitrogen and oxygen atoms in total. The van der Waals surface area contributed by atoms with Crippen molar-refractivity contribution in [2.24, 2.45) is 4.99 Å². The molecule has 2 heterocycles. The average molecular weight is 644 g/mol. The van der Waals surface area contributed by atoms with Crippen molar-refractivity contribution in [1.29, 1.82) is 0 Å². The van der Waals surface area contributed by atoms with E-state index in [1.165, 1.54) is 12.1 Å². The molecule has 0 radical (unpaired) electrons. The molecule has 2 aromatic carbocycles. The molecular formula is C33H42ClN3O8. The van der Waals surface area contributed by atoms with Crippen LogP contribution in [0.5, 0.6) is 5.75 Å². The SMILES string of the molecule is CCOC(=O)C[C@H](CC(=O)CNC(=O)c1cc(O)cc(CC2=NCC(O)CN2)c1)c1cc(Cl)cc(C2(COC)CCOCC2)c1. The van der Waals surface area contributed by atoms with E-state index in [0.717, 1.165) is 24.0 Å². The summed E-state index contributed by atoms with van der Waals surface area (Å²) >= 11 is 6.60. The van der Waals surface area contributed by atoms with Crippen LogP contribution in [0.2, 0.25) is 5.02 Å². The van der Waals surface area contributed by atoms with Crippen LogP contribution in [0.15, 0.2) is 41.4 Å². The number of benzene rings is 2. The third-order valence-electron chi connectivity index (χ3n) is 8.16. The standard InChI is InChI=1S/C33H42ClN3O8/c1-3-45-31(41)15-23(22-11-25(16-26(34)12-22)33(20-43-2)4-6-44-7-5-33)13-28(39)17-37-32(42)24-8-21(9-27(38)14-24)10-30-35-18-29(40)19-36-30/h8-9,11-12,14,16,23,29,38,40H,3-7,10,13,15,17-20H2,1-2H3,(H,35,36)(H,37,42)/t23-/m0/s1. The van der Waals surface area contributed by atoms with Gasteiger partial charge in [-0.25, -0.2) is 0 Å². The number of carbonyl (C=O) groups excluding carboxylic acids is 3. The highest BCUT2D eigenvalue weighted by Crippen LogP contribution is 2.39. The van der Waals surface area contributed by atoms with E-state index in [9.17, 15) is 24.6 Å². The molecule has 1 amide bonds. The smallest absolute Gasteiger partial charge is 0.306 e. The molecule has 0 aromatic heterocycles. The predicted octanol–water partition coefficient (Wildman–Crippen LogP) is 3.07. The number of phenolic OH excluding ortho intramolecular Hbond substituents is 1. The van der Waals surface area contributed by atoms with Gasteiger partial charge < -0.3 is 35.1 Å². The maximum absolute atomic E-state index is 13.2. The molecule has 12 heteroatoms. The maximum atomic E-state index is 13.2. The van der Waals surface area contributed by atoms with E-state index in [1.54, 1.807) is 26.2 Å². The fourth-order valence-corrected chi connectivity index (χ4v) is 6.10. The van der Waals surface area contributed by atoms with Crippen LogP contribution < -0.4 is 10.6 Å². The lowest BCUT2D eigenvalue weighted by Gasteiger charge is -2.37. The number of hydrogen-bond donors (Lipinski definition) is 4.